The van der Waals surface area contributed by atoms with Gasteiger partial charge in [-0.05, 0) is 71.3 Å². The molecule has 2 fully saturated rings. The number of amides is 3. The van der Waals surface area contributed by atoms with Crippen LogP contribution in [0.15, 0.2) is 30.3 Å². The number of carbonyl (C=O) groups is 3. The second kappa shape index (κ2) is 14.1. The van der Waals surface area contributed by atoms with Gasteiger partial charge in [-0.3, -0.25) is 19.3 Å². The zero-order valence-electron chi connectivity index (χ0n) is 26.9. The Labute approximate surface area is 257 Å². The molecule has 1 aromatic rings. The molecule has 3 rings (SSSR count). The molecule has 0 radical (unpaired) electrons. The number of carbonyl (C=O) groups excluding carboxylic acids is 3. The van der Waals surface area contributed by atoms with Crippen LogP contribution in [-0.4, -0.2) is 90.0 Å². The topological polar surface area (TPSA) is 145 Å². The first kappa shape index (κ1) is 35.0. The highest BCUT2D eigenvalue weighted by molar-refractivity contribution is 7.92. The molecular weight excluding hydrogens is 568 g/mol. The van der Waals surface area contributed by atoms with Crippen LogP contribution in [0.25, 0.3) is 0 Å². The lowest BCUT2D eigenvalue weighted by Crippen LogP contribution is -2.64. The van der Waals surface area contributed by atoms with Gasteiger partial charge in [0.15, 0.2) is 9.84 Å². The third-order valence-electron chi connectivity index (χ3n) is 9.08. The maximum absolute atomic E-state index is 13.7. The van der Waals surface area contributed by atoms with Crippen molar-refractivity contribution in [2.45, 2.75) is 115 Å². The van der Waals surface area contributed by atoms with E-state index in [1.54, 1.807) is 0 Å². The van der Waals surface area contributed by atoms with Crippen molar-refractivity contribution in [1.82, 2.24) is 20.9 Å². The average Bonchev–Trinajstić information content (AvgIpc) is 2.89. The highest BCUT2D eigenvalue weighted by Crippen LogP contribution is 2.39. The lowest BCUT2D eigenvalue weighted by atomic mass is 9.72. The van der Waals surface area contributed by atoms with E-state index >= 15 is 0 Å². The maximum atomic E-state index is 13.7. The molecule has 2 aliphatic rings. The second-order valence-corrected chi connectivity index (χ2v) is 16.7. The molecule has 6 atom stereocenters. The largest absolute Gasteiger partial charge is 0.390 e. The van der Waals surface area contributed by atoms with Crippen LogP contribution in [0.3, 0.4) is 0 Å². The fourth-order valence-corrected chi connectivity index (χ4v) is 6.98. The van der Waals surface area contributed by atoms with E-state index in [4.69, 9.17) is 0 Å². The summed E-state index contributed by atoms with van der Waals surface area (Å²) in [7, 11) is -3.76. The molecule has 1 aliphatic carbocycles. The summed E-state index contributed by atoms with van der Waals surface area (Å²) < 4.78 is 23.7. The molecule has 1 saturated heterocycles. The van der Waals surface area contributed by atoms with E-state index in [0.29, 0.717) is 18.4 Å². The summed E-state index contributed by atoms with van der Waals surface area (Å²) in [6.45, 7) is 10.7. The van der Waals surface area contributed by atoms with Gasteiger partial charge in [-0.1, -0.05) is 49.6 Å². The van der Waals surface area contributed by atoms with Crippen molar-refractivity contribution in [2.75, 3.05) is 19.3 Å². The van der Waals surface area contributed by atoms with Crippen LogP contribution in [0.5, 0.6) is 0 Å². The molecule has 0 aromatic heterocycles. The molecule has 11 heteroatoms. The molecule has 3 amide bonds. The Hall–Kier alpha value is -2.50. The van der Waals surface area contributed by atoms with Crippen LogP contribution in [0.4, 0.5) is 0 Å². The molecule has 1 saturated carbocycles. The number of benzene rings is 1. The van der Waals surface area contributed by atoms with Gasteiger partial charge in [0.25, 0.3) is 0 Å². The van der Waals surface area contributed by atoms with Crippen molar-refractivity contribution in [3.63, 3.8) is 0 Å². The Kier molecular flexibility index (Phi) is 11.4. The third kappa shape index (κ3) is 9.49. The molecule has 242 valence electrons. The molecule has 6 unspecified atom stereocenters. The Morgan fingerprint density at radius 3 is 2.16 bits per heavy atom. The van der Waals surface area contributed by atoms with Gasteiger partial charge in [0.2, 0.25) is 17.7 Å². The van der Waals surface area contributed by atoms with Crippen LogP contribution >= 0.6 is 0 Å². The molecule has 0 spiro atoms. The Morgan fingerprint density at radius 1 is 1.00 bits per heavy atom. The van der Waals surface area contributed by atoms with Crippen molar-refractivity contribution in [3.05, 3.63) is 35.9 Å². The predicted octanol–water partition coefficient (Wildman–Crippen LogP) is 2.20. The highest BCUT2D eigenvalue weighted by atomic mass is 32.2. The summed E-state index contributed by atoms with van der Waals surface area (Å²) in [5.74, 6) is -0.387. The summed E-state index contributed by atoms with van der Waals surface area (Å²) in [4.78, 5) is 41.3. The van der Waals surface area contributed by atoms with Gasteiger partial charge < -0.3 is 21.1 Å². The average molecular weight is 621 g/mol. The summed E-state index contributed by atoms with van der Waals surface area (Å²) in [5.41, 5.74) is 0.470. The monoisotopic (exact) mass is 620 g/mol. The number of hydrogen-bond acceptors (Lipinski definition) is 7. The van der Waals surface area contributed by atoms with Crippen LogP contribution in [0, 0.1) is 11.8 Å². The first-order chi connectivity index (χ1) is 19.9. The third-order valence-corrected chi connectivity index (χ3v) is 11.2. The molecular formula is C32H52N4O6S. The number of rotatable bonds is 11. The van der Waals surface area contributed by atoms with Crippen molar-refractivity contribution < 1.29 is 27.9 Å². The molecule has 1 aliphatic heterocycles. The van der Waals surface area contributed by atoms with E-state index in [1.165, 1.54) is 27.2 Å². The minimum Gasteiger partial charge on any atom is -0.390 e. The first-order valence-corrected chi connectivity index (χ1v) is 17.3. The summed E-state index contributed by atoms with van der Waals surface area (Å²) in [6.07, 6.45) is 5.48. The molecule has 43 heavy (non-hydrogen) atoms. The zero-order chi connectivity index (χ0) is 32.2. The number of fused-ring (bicyclic) bond motifs is 1. The number of aliphatic hydroxyl groups excluding tert-OH is 1. The van der Waals surface area contributed by atoms with Crippen LogP contribution in [0.1, 0.15) is 79.2 Å². The van der Waals surface area contributed by atoms with Gasteiger partial charge in [-0.2, -0.15) is 0 Å². The van der Waals surface area contributed by atoms with Gasteiger partial charge in [0, 0.05) is 31.8 Å². The van der Waals surface area contributed by atoms with Crippen LogP contribution in [-0.2, 0) is 30.6 Å². The lowest BCUT2D eigenvalue weighted by molar-refractivity contribution is -0.133. The Balaban J connectivity index is 1.90. The number of nitrogens with zero attached hydrogens (tertiary/aromatic N) is 1. The van der Waals surface area contributed by atoms with Gasteiger partial charge in [-0.25, -0.2) is 8.42 Å². The lowest BCUT2D eigenvalue weighted by Gasteiger charge is -2.47. The normalized spacial score (nSPS) is 23.8. The minimum atomic E-state index is -3.76. The van der Waals surface area contributed by atoms with E-state index in [9.17, 15) is 27.9 Å². The van der Waals surface area contributed by atoms with Gasteiger partial charge in [-0.15, -0.1) is 0 Å². The number of likely N-dealkylation sites (tertiary alicyclic amines) is 1. The molecule has 1 heterocycles. The molecule has 10 nitrogen and oxygen atoms in total. The number of piperidine rings is 1. The fraction of sp³-hybridized carbons (Fsp3) is 0.719. The van der Waals surface area contributed by atoms with Crippen molar-refractivity contribution in [3.8, 4) is 0 Å². The number of β-amino-alcohol motifs (C(OH)–C–C–N with tert-alkyl or cyclic N) is 1. The molecule has 4 N–H and O–H groups in total. The number of aliphatic hydroxyl groups is 1. The number of hydrogen-bond donors (Lipinski definition) is 4. The van der Waals surface area contributed by atoms with E-state index < -0.39 is 56.2 Å². The van der Waals surface area contributed by atoms with E-state index in [-0.39, 0.29) is 18.9 Å². The first-order valence-electron chi connectivity index (χ1n) is 15.4. The standard InChI is InChI=1S/C32H52N4O6S/c1-21(37)33-28(32(5,6)43(7,41)42)30(40)34-25(17-22-13-9-8-10-14-22)27(38)20-36-19-24-16-12-11-15-23(24)18-26(36)29(39)35-31(2,3)4/h8-10,13-14,23-28,38H,11-12,15-20H2,1-7H3,(H,33,37)(H,34,40)(H,35,39). The van der Waals surface area contributed by atoms with Gasteiger partial charge in [0.1, 0.15) is 6.04 Å². The van der Waals surface area contributed by atoms with Crippen LogP contribution in [0.2, 0.25) is 0 Å². The summed E-state index contributed by atoms with van der Waals surface area (Å²) in [6, 6.07) is 6.81. The van der Waals surface area contributed by atoms with Crippen molar-refractivity contribution in [1.29, 1.82) is 0 Å². The quantitative estimate of drug-likeness (QED) is 0.297. The van der Waals surface area contributed by atoms with E-state index in [1.807, 2.05) is 51.1 Å². The highest BCUT2D eigenvalue weighted by Gasteiger charge is 2.46. The van der Waals surface area contributed by atoms with Crippen molar-refractivity contribution >= 4 is 27.6 Å². The van der Waals surface area contributed by atoms with E-state index in [2.05, 4.69) is 20.9 Å². The van der Waals surface area contributed by atoms with Gasteiger partial charge in [0.05, 0.1) is 22.9 Å². The Morgan fingerprint density at radius 2 is 1.60 bits per heavy atom. The molecule has 1 aromatic carbocycles. The minimum absolute atomic E-state index is 0.0620. The molecule has 0 bridgehead atoms. The zero-order valence-corrected chi connectivity index (χ0v) is 27.7. The summed E-state index contributed by atoms with van der Waals surface area (Å²) >= 11 is 0. The second-order valence-electron chi connectivity index (χ2n) is 14.1. The fourth-order valence-electron chi connectivity index (χ4n) is 6.38. The predicted molar refractivity (Wildman–Crippen MR) is 168 cm³/mol. The number of sulfone groups is 1. The van der Waals surface area contributed by atoms with Crippen LogP contribution < -0.4 is 16.0 Å². The maximum Gasteiger partial charge on any atom is 0.244 e. The SMILES string of the molecule is CC(=O)NC(C(=O)NC(Cc1ccccc1)C(O)CN1CC2CCCCC2CC1C(=O)NC(C)(C)C)C(C)(C)S(C)(=O)=O. The Bertz CT molecular complexity index is 1230. The summed E-state index contributed by atoms with van der Waals surface area (Å²) in [5, 5.41) is 20.3. The van der Waals surface area contributed by atoms with Crippen molar-refractivity contribution in [2.24, 2.45) is 11.8 Å². The number of nitrogens with one attached hydrogen (secondary N) is 3. The van der Waals surface area contributed by atoms with E-state index in [0.717, 1.165) is 37.5 Å². The smallest absolute Gasteiger partial charge is 0.244 e. The van der Waals surface area contributed by atoms with Gasteiger partial charge >= 0.3 is 0 Å².